The summed E-state index contributed by atoms with van der Waals surface area (Å²) in [7, 11) is 1.80. The van der Waals surface area contributed by atoms with E-state index < -0.39 is 0 Å². The summed E-state index contributed by atoms with van der Waals surface area (Å²) in [6.45, 7) is 9.21. The van der Waals surface area contributed by atoms with E-state index in [-0.39, 0.29) is 5.60 Å². The number of carbonyl (C=O) groups is 1. The summed E-state index contributed by atoms with van der Waals surface area (Å²) < 4.78 is 5.70. The van der Waals surface area contributed by atoms with Crippen molar-refractivity contribution in [1.82, 2.24) is 0 Å². The Bertz CT molecular complexity index is 583. The van der Waals surface area contributed by atoms with Crippen molar-refractivity contribution in [1.29, 1.82) is 0 Å². The lowest BCUT2D eigenvalue weighted by molar-refractivity contribution is -0.119. The molecule has 0 aromatic rings. The highest BCUT2D eigenvalue weighted by Crippen LogP contribution is 2.69. The van der Waals surface area contributed by atoms with E-state index in [4.69, 9.17) is 4.74 Å². The van der Waals surface area contributed by atoms with Crippen molar-refractivity contribution in [3.63, 3.8) is 0 Å². The SMILES string of the molecule is CO[C@@]1(C)CC(C)=C(CCC(=O)CC[C@]23C[C@H](C)CCC2[C@@H]3C)C(Br)C1. The van der Waals surface area contributed by atoms with Gasteiger partial charge in [-0.25, -0.2) is 0 Å². The van der Waals surface area contributed by atoms with E-state index in [1.807, 2.05) is 0 Å². The van der Waals surface area contributed by atoms with Crippen molar-refractivity contribution >= 4 is 21.7 Å². The molecule has 6 atom stereocenters. The quantitative estimate of drug-likeness (QED) is 0.345. The highest BCUT2D eigenvalue weighted by atomic mass is 79.9. The third-order valence-electron chi connectivity index (χ3n) is 8.05. The van der Waals surface area contributed by atoms with Crippen LogP contribution in [0.5, 0.6) is 0 Å². The number of carbonyl (C=O) groups excluding carboxylic acids is 1. The van der Waals surface area contributed by atoms with Crippen molar-refractivity contribution in [2.45, 2.75) is 95.9 Å². The van der Waals surface area contributed by atoms with Crippen LogP contribution in [0.2, 0.25) is 0 Å². The molecule has 0 aromatic carbocycles. The predicted octanol–water partition coefficient (Wildman–Crippen LogP) is 6.47. The summed E-state index contributed by atoms with van der Waals surface area (Å²) in [5.41, 5.74) is 3.30. The van der Waals surface area contributed by atoms with Crippen molar-refractivity contribution in [2.24, 2.45) is 23.2 Å². The molecule has 2 nitrogen and oxygen atoms in total. The van der Waals surface area contributed by atoms with Crippen LogP contribution >= 0.6 is 15.9 Å². The molecule has 0 aromatic heterocycles. The van der Waals surface area contributed by atoms with E-state index in [1.54, 1.807) is 7.11 Å². The van der Waals surface area contributed by atoms with Crippen LogP contribution in [-0.2, 0) is 9.53 Å². The lowest BCUT2D eigenvalue weighted by Gasteiger charge is -2.37. The predicted molar refractivity (Wildman–Crippen MR) is 112 cm³/mol. The zero-order chi connectivity index (χ0) is 19.1. The van der Waals surface area contributed by atoms with Crippen LogP contribution in [0, 0.1) is 23.2 Å². The van der Waals surface area contributed by atoms with Crippen molar-refractivity contribution < 1.29 is 9.53 Å². The monoisotopic (exact) mass is 424 g/mol. The first-order valence-electron chi connectivity index (χ1n) is 10.6. The van der Waals surface area contributed by atoms with Crippen LogP contribution in [-0.4, -0.2) is 23.3 Å². The number of hydrogen-bond donors (Lipinski definition) is 0. The number of methoxy groups -OCH3 is 1. The summed E-state index contributed by atoms with van der Waals surface area (Å²) in [6, 6.07) is 0. The van der Waals surface area contributed by atoms with Crippen LogP contribution in [0.25, 0.3) is 0 Å². The second kappa shape index (κ2) is 7.70. The highest BCUT2D eigenvalue weighted by molar-refractivity contribution is 9.09. The molecule has 2 unspecified atom stereocenters. The standard InChI is InChI=1S/C23H37BrO2/c1-15-6-9-20-17(3)23(20,12-15)11-10-18(25)7-8-19-16(2)13-22(4,26-5)14-21(19)24/h15,17,20-21H,6-14H2,1-5H3/t15-,17+,20?,21?,22+,23-/m1/s1. The summed E-state index contributed by atoms with van der Waals surface area (Å²) in [5, 5.41) is 0. The van der Waals surface area contributed by atoms with Gasteiger partial charge in [0.1, 0.15) is 5.78 Å². The molecule has 2 saturated carbocycles. The molecule has 0 spiro atoms. The Labute approximate surface area is 168 Å². The Hall–Kier alpha value is -0.150. The Kier molecular flexibility index (Phi) is 6.09. The number of halogens is 1. The zero-order valence-electron chi connectivity index (χ0n) is 17.4. The van der Waals surface area contributed by atoms with E-state index in [1.165, 1.54) is 30.4 Å². The minimum atomic E-state index is -0.0697. The number of ether oxygens (including phenoxy) is 1. The number of ketones is 1. The van der Waals surface area contributed by atoms with E-state index in [9.17, 15) is 4.79 Å². The first kappa shape index (κ1) is 20.6. The molecule has 3 aliphatic rings. The first-order chi connectivity index (χ1) is 12.2. The average Bonchev–Trinajstić information content (AvgIpc) is 3.15. The Morgan fingerprint density at radius 2 is 1.96 bits per heavy atom. The van der Waals surface area contributed by atoms with Gasteiger partial charge in [0.25, 0.3) is 0 Å². The maximum absolute atomic E-state index is 12.6. The molecule has 3 rings (SSSR count). The van der Waals surface area contributed by atoms with Crippen LogP contribution < -0.4 is 0 Å². The molecule has 0 heterocycles. The molecule has 0 radical (unpaired) electrons. The van der Waals surface area contributed by atoms with Gasteiger partial charge in [0.05, 0.1) is 5.60 Å². The first-order valence-corrected chi connectivity index (χ1v) is 11.5. The van der Waals surface area contributed by atoms with Gasteiger partial charge in [-0.3, -0.25) is 4.79 Å². The number of hydrogen-bond acceptors (Lipinski definition) is 2. The third kappa shape index (κ3) is 3.99. The number of Topliss-reactive ketones (excluding diaryl/α,β-unsaturated/α-hetero) is 1. The molecule has 2 fully saturated rings. The van der Waals surface area contributed by atoms with Gasteiger partial charge in [0, 0.05) is 24.8 Å². The molecular formula is C23H37BrO2. The van der Waals surface area contributed by atoms with Gasteiger partial charge in [0.15, 0.2) is 0 Å². The van der Waals surface area contributed by atoms with Gasteiger partial charge in [-0.15, -0.1) is 0 Å². The topological polar surface area (TPSA) is 26.3 Å². The molecule has 0 amide bonds. The van der Waals surface area contributed by atoms with E-state index in [2.05, 4.69) is 43.6 Å². The Morgan fingerprint density at radius 3 is 2.62 bits per heavy atom. The van der Waals surface area contributed by atoms with Crippen molar-refractivity contribution in [3.05, 3.63) is 11.1 Å². The van der Waals surface area contributed by atoms with Gasteiger partial charge in [0.2, 0.25) is 0 Å². The van der Waals surface area contributed by atoms with Crippen LogP contribution in [0.15, 0.2) is 11.1 Å². The summed E-state index contributed by atoms with van der Waals surface area (Å²) in [5.74, 6) is 3.08. The minimum absolute atomic E-state index is 0.0697. The van der Waals surface area contributed by atoms with Crippen LogP contribution in [0.1, 0.15) is 85.5 Å². The zero-order valence-corrected chi connectivity index (χ0v) is 19.0. The molecule has 0 saturated heterocycles. The fourth-order valence-corrected chi connectivity index (χ4v) is 7.52. The Balaban J connectivity index is 1.50. The van der Waals surface area contributed by atoms with Crippen LogP contribution in [0.3, 0.4) is 0 Å². The van der Waals surface area contributed by atoms with Gasteiger partial charge in [-0.05, 0) is 75.5 Å². The smallest absolute Gasteiger partial charge is 0.133 e. The van der Waals surface area contributed by atoms with E-state index in [0.29, 0.717) is 22.4 Å². The molecular weight excluding hydrogens is 388 g/mol. The normalized spacial score (nSPS) is 42.5. The van der Waals surface area contributed by atoms with Gasteiger partial charge >= 0.3 is 0 Å². The van der Waals surface area contributed by atoms with Gasteiger partial charge in [-0.1, -0.05) is 47.3 Å². The fourth-order valence-electron chi connectivity index (χ4n) is 6.22. The van der Waals surface area contributed by atoms with E-state index in [0.717, 1.165) is 49.9 Å². The minimum Gasteiger partial charge on any atom is -0.378 e. The van der Waals surface area contributed by atoms with Gasteiger partial charge in [-0.2, -0.15) is 0 Å². The molecule has 0 bridgehead atoms. The summed E-state index contributed by atoms with van der Waals surface area (Å²) >= 11 is 3.84. The fraction of sp³-hybridized carbons (Fsp3) is 0.870. The molecule has 3 aliphatic carbocycles. The average molecular weight is 425 g/mol. The highest BCUT2D eigenvalue weighted by Gasteiger charge is 2.62. The maximum atomic E-state index is 12.6. The number of rotatable bonds is 7. The Morgan fingerprint density at radius 1 is 1.23 bits per heavy atom. The maximum Gasteiger partial charge on any atom is 0.133 e. The molecule has 3 heteroatoms. The number of alkyl halides is 1. The molecule has 148 valence electrons. The van der Waals surface area contributed by atoms with Gasteiger partial charge < -0.3 is 4.74 Å². The summed E-state index contributed by atoms with van der Waals surface area (Å²) in [4.78, 5) is 13.0. The van der Waals surface area contributed by atoms with Crippen molar-refractivity contribution in [2.75, 3.05) is 7.11 Å². The number of allylic oxidation sites excluding steroid dienone is 1. The third-order valence-corrected chi connectivity index (χ3v) is 8.93. The molecule has 0 N–H and O–H groups in total. The second-order valence-electron chi connectivity index (χ2n) is 9.86. The largest absolute Gasteiger partial charge is 0.378 e. The van der Waals surface area contributed by atoms with Crippen molar-refractivity contribution in [3.8, 4) is 0 Å². The molecule has 26 heavy (non-hydrogen) atoms. The van der Waals surface area contributed by atoms with Crippen LogP contribution in [0.4, 0.5) is 0 Å². The lowest BCUT2D eigenvalue weighted by Crippen LogP contribution is -2.35. The summed E-state index contributed by atoms with van der Waals surface area (Å²) in [6.07, 6.45) is 9.68. The lowest BCUT2D eigenvalue weighted by atomic mass is 9.78. The second-order valence-corrected chi connectivity index (χ2v) is 11.0. The van der Waals surface area contributed by atoms with E-state index >= 15 is 0 Å². The molecule has 0 aliphatic heterocycles. The number of fused-ring (bicyclic) bond motifs is 1.